The van der Waals surface area contributed by atoms with Crippen molar-refractivity contribution in [2.75, 3.05) is 24.7 Å². The Hall–Kier alpha value is -2.38. The van der Waals surface area contributed by atoms with E-state index < -0.39 is 0 Å². The van der Waals surface area contributed by atoms with Crippen LogP contribution in [0.25, 0.3) is 16.8 Å². The zero-order valence-corrected chi connectivity index (χ0v) is 16.7. The number of pyridine rings is 1. The lowest BCUT2D eigenvalue weighted by atomic mass is 10.0. The van der Waals surface area contributed by atoms with Gasteiger partial charge in [-0.2, -0.15) is 16.7 Å². The summed E-state index contributed by atoms with van der Waals surface area (Å²) < 4.78 is 1.73. The molecule has 1 aliphatic carbocycles. The Labute approximate surface area is 168 Å². The first-order valence-corrected chi connectivity index (χ1v) is 11.0. The Morgan fingerprint density at radius 2 is 2.00 bits per heavy atom. The summed E-state index contributed by atoms with van der Waals surface area (Å²) in [6.45, 7) is 3.36. The van der Waals surface area contributed by atoms with Gasteiger partial charge in [-0.15, -0.1) is 5.10 Å². The Bertz CT molecular complexity index is 1010. The maximum atomic E-state index is 12.0. The first-order chi connectivity index (χ1) is 13.7. The van der Waals surface area contributed by atoms with E-state index in [0.717, 1.165) is 41.4 Å². The van der Waals surface area contributed by atoms with E-state index in [1.54, 1.807) is 4.52 Å². The zero-order chi connectivity index (χ0) is 19.1. The molecule has 1 saturated heterocycles. The van der Waals surface area contributed by atoms with Crippen LogP contribution in [0, 0.1) is 5.92 Å². The monoisotopic (exact) mass is 393 g/mol. The summed E-state index contributed by atoms with van der Waals surface area (Å²) in [6, 6.07) is 12.7. The average molecular weight is 394 g/mol. The number of hydrogen-bond acceptors (Lipinski definition) is 5. The second-order valence-electron chi connectivity index (χ2n) is 7.64. The van der Waals surface area contributed by atoms with Gasteiger partial charge >= 0.3 is 0 Å². The Kier molecular flexibility index (Phi) is 4.56. The van der Waals surface area contributed by atoms with Crippen LogP contribution in [0.15, 0.2) is 42.6 Å². The van der Waals surface area contributed by atoms with Crippen molar-refractivity contribution in [3.8, 4) is 11.1 Å². The minimum atomic E-state index is 0.0246. The van der Waals surface area contributed by atoms with Crippen LogP contribution in [0.3, 0.4) is 0 Å². The van der Waals surface area contributed by atoms with Gasteiger partial charge in [0.15, 0.2) is 5.65 Å². The number of nitrogens with one attached hydrogen (secondary N) is 1. The van der Waals surface area contributed by atoms with Gasteiger partial charge in [-0.05, 0) is 42.4 Å². The molecular formula is C21H23N5OS. The highest BCUT2D eigenvalue weighted by atomic mass is 32.2. The molecule has 3 heterocycles. The zero-order valence-electron chi connectivity index (χ0n) is 15.8. The molecule has 3 aromatic rings. The molecule has 1 saturated carbocycles. The quantitative estimate of drug-likeness (QED) is 0.696. The summed E-state index contributed by atoms with van der Waals surface area (Å²) >= 11 is 1.95. The Morgan fingerprint density at radius 1 is 1.21 bits per heavy atom. The number of thioether (sulfide) groups is 1. The summed E-state index contributed by atoms with van der Waals surface area (Å²) in [5, 5.41) is 8.03. The molecule has 0 bridgehead atoms. The fourth-order valence-corrected chi connectivity index (χ4v) is 4.31. The maximum Gasteiger partial charge on any atom is 0.249 e. The predicted octanol–water partition coefficient (Wildman–Crippen LogP) is 3.29. The molecule has 2 aliphatic rings. The van der Waals surface area contributed by atoms with Crippen molar-refractivity contribution in [1.82, 2.24) is 19.5 Å². The molecule has 1 aliphatic heterocycles. The van der Waals surface area contributed by atoms with Crippen molar-refractivity contribution in [3.63, 3.8) is 0 Å². The van der Waals surface area contributed by atoms with Crippen molar-refractivity contribution < 1.29 is 4.79 Å². The molecule has 0 spiro atoms. The van der Waals surface area contributed by atoms with Gasteiger partial charge in [-0.25, -0.2) is 4.52 Å². The van der Waals surface area contributed by atoms with Gasteiger partial charge in [0.2, 0.25) is 11.9 Å². The molecule has 0 atom stereocenters. The molecular weight excluding hydrogens is 370 g/mol. The van der Waals surface area contributed by atoms with Crippen LogP contribution in [-0.4, -0.2) is 50.0 Å². The van der Waals surface area contributed by atoms with Gasteiger partial charge in [-0.3, -0.25) is 15.0 Å². The van der Waals surface area contributed by atoms with Crippen molar-refractivity contribution >= 4 is 29.3 Å². The molecule has 2 aromatic heterocycles. The highest BCUT2D eigenvalue weighted by Crippen LogP contribution is 2.30. The first-order valence-electron chi connectivity index (χ1n) is 9.70. The number of amides is 1. The van der Waals surface area contributed by atoms with E-state index in [4.69, 9.17) is 0 Å². The minimum Gasteiger partial charge on any atom is -0.297 e. The highest BCUT2D eigenvalue weighted by Gasteiger charge is 2.30. The number of fused-ring (bicyclic) bond motifs is 1. The number of rotatable bonds is 6. The standard InChI is InChI=1S/C21H23N5OS/c1-28-17-12-25(13-17)11-14-4-6-15(7-5-14)18-3-2-10-26-19(18)22-21(24-26)23-20(27)16-8-9-16/h2-7,10,16-17H,8-9,11-13H2,1H3,(H,23,24,27). The number of aromatic nitrogens is 3. The molecule has 144 valence electrons. The number of benzene rings is 1. The molecule has 6 nitrogen and oxygen atoms in total. The lowest BCUT2D eigenvalue weighted by molar-refractivity contribution is -0.117. The minimum absolute atomic E-state index is 0.0246. The third kappa shape index (κ3) is 3.52. The van der Waals surface area contributed by atoms with Crippen molar-refractivity contribution in [2.24, 2.45) is 5.92 Å². The van der Waals surface area contributed by atoms with E-state index in [1.165, 1.54) is 18.7 Å². The predicted molar refractivity (Wildman–Crippen MR) is 112 cm³/mol. The number of hydrogen-bond donors (Lipinski definition) is 1. The van der Waals surface area contributed by atoms with Crippen molar-refractivity contribution in [3.05, 3.63) is 48.2 Å². The second kappa shape index (κ2) is 7.22. The second-order valence-corrected chi connectivity index (χ2v) is 8.78. The normalized spacial score (nSPS) is 17.6. The molecule has 0 unspecified atom stereocenters. The van der Waals surface area contributed by atoms with Crippen LogP contribution in [-0.2, 0) is 11.3 Å². The number of carbonyl (C=O) groups excluding carboxylic acids is 1. The molecule has 1 amide bonds. The molecule has 0 radical (unpaired) electrons. The molecule has 5 rings (SSSR count). The van der Waals surface area contributed by atoms with Crippen LogP contribution in [0.2, 0.25) is 0 Å². The molecule has 7 heteroatoms. The first kappa shape index (κ1) is 17.7. The van der Waals surface area contributed by atoms with Crippen LogP contribution < -0.4 is 5.32 Å². The number of nitrogens with zero attached hydrogens (tertiary/aromatic N) is 4. The van der Waals surface area contributed by atoms with E-state index in [9.17, 15) is 4.79 Å². The van der Waals surface area contributed by atoms with Gasteiger partial charge in [0.05, 0.1) is 0 Å². The maximum absolute atomic E-state index is 12.0. The summed E-state index contributed by atoms with van der Waals surface area (Å²) in [5.41, 5.74) is 4.20. The number of likely N-dealkylation sites (tertiary alicyclic amines) is 1. The number of anilines is 1. The summed E-state index contributed by atoms with van der Waals surface area (Å²) in [7, 11) is 0. The third-order valence-corrected chi connectivity index (χ3v) is 6.44. The van der Waals surface area contributed by atoms with E-state index in [1.807, 2.05) is 30.1 Å². The molecule has 1 N–H and O–H groups in total. The van der Waals surface area contributed by atoms with Crippen LogP contribution in [0.1, 0.15) is 18.4 Å². The molecule has 1 aromatic carbocycles. The summed E-state index contributed by atoms with van der Waals surface area (Å²) in [4.78, 5) is 19.0. The Morgan fingerprint density at radius 3 is 2.71 bits per heavy atom. The van der Waals surface area contributed by atoms with Crippen LogP contribution >= 0.6 is 11.8 Å². The van der Waals surface area contributed by atoms with E-state index >= 15 is 0 Å². The average Bonchev–Trinajstić information content (AvgIpc) is 3.45. The van der Waals surface area contributed by atoms with E-state index in [0.29, 0.717) is 5.95 Å². The Balaban J connectivity index is 1.35. The number of carbonyl (C=O) groups is 1. The topological polar surface area (TPSA) is 62.5 Å². The summed E-state index contributed by atoms with van der Waals surface area (Å²) in [5.74, 6) is 0.537. The van der Waals surface area contributed by atoms with E-state index in [2.05, 4.69) is 50.8 Å². The van der Waals surface area contributed by atoms with Crippen LogP contribution in [0.5, 0.6) is 0 Å². The van der Waals surface area contributed by atoms with Crippen molar-refractivity contribution in [1.29, 1.82) is 0 Å². The lowest BCUT2D eigenvalue weighted by Crippen LogP contribution is -2.47. The van der Waals surface area contributed by atoms with Gasteiger partial charge in [-0.1, -0.05) is 24.3 Å². The van der Waals surface area contributed by atoms with Crippen LogP contribution in [0.4, 0.5) is 5.95 Å². The molecule has 28 heavy (non-hydrogen) atoms. The SMILES string of the molecule is CSC1CN(Cc2ccc(-c3cccn4nc(NC(=O)C5CC5)nc34)cc2)C1. The fraction of sp³-hybridized carbons (Fsp3) is 0.381. The fourth-order valence-electron chi connectivity index (χ4n) is 3.59. The van der Waals surface area contributed by atoms with Gasteiger partial charge in [0, 0.05) is 42.6 Å². The van der Waals surface area contributed by atoms with Gasteiger partial charge in [0.1, 0.15) is 0 Å². The van der Waals surface area contributed by atoms with Crippen molar-refractivity contribution in [2.45, 2.75) is 24.6 Å². The lowest BCUT2D eigenvalue weighted by Gasteiger charge is -2.38. The van der Waals surface area contributed by atoms with Gasteiger partial charge < -0.3 is 0 Å². The smallest absolute Gasteiger partial charge is 0.249 e. The third-order valence-electron chi connectivity index (χ3n) is 5.47. The highest BCUT2D eigenvalue weighted by molar-refractivity contribution is 7.99. The summed E-state index contributed by atoms with van der Waals surface area (Å²) in [6.07, 6.45) is 5.97. The van der Waals surface area contributed by atoms with Gasteiger partial charge in [0.25, 0.3) is 0 Å². The molecule has 2 fully saturated rings. The largest absolute Gasteiger partial charge is 0.297 e. The van der Waals surface area contributed by atoms with E-state index in [-0.39, 0.29) is 11.8 Å².